The van der Waals surface area contributed by atoms with Crippen LogP contribution in [0.3, 0.4) is 0 Å². The number of amides is 4. The number of aromatic nitrogens is 2. The topological polar surface area (TPSA) is 165 Å². The normalized spacial score (nSPS) is 16.8. The van der Waals surface area contributed by atoms with Crippen molar-refractivity contribution in [3.63, 3.8) is 0 Å². The van der Waals surface area contributed by atoms with Crippen LogP contribution in [0.4, 0.5) is 10.5 Å². The predicted molar refractivity (Wildman–Crippen MR) is 181 cm³/mol. The van der Waals surface area contributed by atoms with Crippen LogP contribution >= 0.6 is 0 Å². The Hall–Kier alpha value is -5.19. The number of carbonyl (C=O) groups is 4. The Morgan fingerprint density at radius 2 is 1.68 bits per heavy atom. The van der Waals surface area contributed by atoms with Gasteiger partial charge in [-0.3, -0.25) is 19.5 Å². The molecule has 1 aliphatic carbocycles. The lowest BCUT2D eigenvalue weighted by molar-refractivity contribution is -0.130. The molecule has 1 aliphatic rings. The van der Waals surface area contributed by atoms with E-state index in [-0.39, 0.29) is 42.0 Å². The zero-order valence-electron chi connectivity index (χ0n) is 26.9. The molecule has 1 aromatic heterocycles. The van der Waals surface area contributed by atoms with Crippen molar-refractivity contribution in [2.45, 2.75) is 65.0 Å². The summed E-state index contributed by atoms with van der Waals surface area (Å²) in [7, 11) is 0. The summed E-state index contributed by atoms with van der Waals surface area (Å²) in [5.74, 6) is -0.658. The molecular weight excluding hydrogens is 596 g/mol. The Labute approximate surface area is 273 Å². The Morgan fingerprint density at radius 3 is 2.36 bits per heavy atom. The number of fused-ring (bicyclic) bond motifs is 1. The molecule has 1 heterocycles. The number of aromatic amines is 1. The van der Waals surface area contributed by atoms with Crippen LogP contribution in [0.25, 0.3) is 22.0 Å². The number of rotatable bonds is 11. The quantitative estimate of drug-likeness (QED) is 0.128. The molecule has 246 valence electrons. The molecule has 4 aromatic rings. The number of benzene rings is 3. The lowest BCUT2D eigenvalue weighted by Gasteiger charge is -2.29. The Bertz CT molecular complexity index is 1740. The highest BCUT2D eigenvalue weighted by Gasteiger charge is 2.30. The summed E-state index contributed by atoms with van der Waals surface area (Å²) in [6.07, 6.45) is 3.70. The standard InChI is InChI=1S/C36H42N6O5/c1-21(2)39-34(44)27-13-15-30(22(3)16-27)25-8-4-23(5-9-25)17-32(35(45)40-29-14-12-28-20-38-42-31(28)18-29)41-33(43)26-10-6-24(7-11-26)19-37-36(46)47/h4-5,8-9,12-16,18,20-21,24,26,32,37H,6-7,10-11,17,19H2,1-3H3,(H,38,42)(H,39,44)(H,40,45)(H,41,43)(H,46,47)/t24?,26?,32-/m0/s1. The highest BCUT2D eigenvalue weighted by molar-refractivity contribution is 5.99. The summed E-state index contributed by atoms with van der Waals surface area (Å²) in [5, 5.41) is 28.1. The molecule has 1 atom stereocenters. The summed E-state index contributed by atoms with van der Waals surface area (Å²) in [4.78, 5) is 50.4. The zero-order valence-corrected chi connectivity index (χ0v) is 26.9. The van der Waals surface area contributed by atoms with E-state index >= 15 is 0 Å². The molecule has 47 heavy (non-hydrogen) atoms. The highest BCUT2D eigenvalue weighted by Crippen LogP contribution is 2.29. The van der Waals surface area contributed by atoms with Crippen molar-refractivity contribution in [2.24, 2.45) is 11.8 Å². The van der Waals surface area contributed by atoms with Gasteiger partial charge in [0.1, 0.15) is 6.04 Å². The molecule has 4 amide bonds. The van der Waals surface area contributed by atoms with Gasteiger partial charge in [-0.05, 0) is 105 Å². The third kappa shape index (κ3) is 8.75. The summed E-state index contributed by atoms with van der Waals surface area (Å²) in [6, 6.07) is 18.2. The second-order valence-electron chi connectivity index (χ2n) is 12.7. The average Bonchev–Trinajstić information content (AvgIpc) is 3.52. The molecule has 1 fully saturated rings. The van der Waals surface area contributed by atoms with Crippen LogP contribution in [0.15, 0.2) is 66.9 Å². The molecule has 3 aromatic carbocycles. The molecule has 1 saturated carbocycles. The molecule has 11 heteroatoms. The van der Waals surface area contributed by atoms with Gasteiger partial charge in [-0.15, -0.1) is 0 Å². The van der Waals surface area contributed by atoms with E-state index < -0.39 is 12.1 Å². The van der Waals surface area contributed by atoms with Crippen molar-refractivity contribution < 1.29 is 24.3 Å². The van der Waals surface area contributed by atoms with Gasteiger partial charge in [0.05, 0.1) is 11.7 Å². The SMILES string of the molecule is Cc1cc(C(=O)NC(C)C)ccc1-c1ccc(C[C@H](NC(=O)C2CCC(CNC(=O)O)CC2)C(=O)Nc2ccc3cn[nH]c3c2)cc1. The van der Waals surface area contributed by atoms with E-state index in [0.29, 0.717) is 30.6 Å². The fourth-order valence-corrected chi connectivity index (χ4v) is 6.13. The van der Waals surface area contributed by atoms with Crippen LogP contribution < -0.4 is 21.3 Å². The third-order valence-electron chi connectivity index (χ3n) is 8.72. The molecule has 0 aliphatic heterocycles. The van der Waals surface area contributed by atoms with Gasteiger partial charge in [-0.1, -0.05) is 30.3 Å². The summed E-state index contributed by atoms with van der Waals surface area (Å²) in [6.45, 7) is 6.20. The van der Waals surface area contributed by atoms with E-state index in [4.69, 9.17) is 5.11 Å². The van der Waals surface area contributed by atoms with Gasteiger partial charge in [0, 0.05) is 41.6 Å². The van der Waals surface area contributed by atoms with E-state index in [2.05, 4.69) is 31.5 Å². The van der Waals surface area contributed by atoms with Crippen LogP contribution in [0.5, 0.6) is 0 Å². The van der Waals surface area contributed by atoms with Gasteiger partial charge in [-0.2, -0.15) is 5.10 Å². The number of hydrogen-bond acceptors (Lipinski definition) is 5. The van der Waals surface area contributed by atoms with Crippen LogP contribution in [0, 0.1) is 18.8 Å². The van der Waals surface area contributed by atoms with Gasteiger partial charge in [0.2, 0.25) is 11.8 Å². The van der Waals surface area contributed by atoms with Crippen molar-refractivity contribution in [1.82, 2.24) is 26.1 Å². The maximum absolute atomic E-state index is 13.6. The number of carbonyl (C=O) groups excluding carboxylic acids is 3. The largest absolute Gasteiger partial charge is 0.465 e. The van der Waals surface area contributed by atoms with Crippen molar-refractivity contribution in [2.75, 3.05) is 11.9 Å². The number of H-pyrrole nitrogens is 1. The second-order valence-corrected chi connectivity index (χ2v) is 12.7. The average molecular weight is 639 g/mol. The van der Waals surface area contributed by atoms with Crippen molar-refractivity contribution in [3.05, 3.63) is 83.6 Å². The first-order valence-electron chi connectivity index (χ1n) is 16.1. The maximum Gasteiger partial charge on any atom is 0.404 e. The van der Waals surface area contributed by atoms with Crippen LogP contribution in [-0.2, 0) is 16.0 Å². The van der Waals surface area contributed by atoms with Crippen molar-refractivity contribution >= 4 is 40.4 Å². The van der Waals surface area contributed by atoms with E-state index in [1.165, 1.54) is 0 Å². The first-order valence-corrected chi connectivity index (χ1v) is 16.1. The van der Waals surface area contributed by atoms with E-state index in [0.717, 1.165) is 46.0 Å². The van der Waals surface area contributed by atoms with Gasteiger partial charge >= 0.3 is 6.09 Å². The number of anilines is 1. The van der Waals surface area contributed by atoms with Crippen molar-refractivity contribution in [1.29, 1.82) is 0 Å². The van der Waals surface area contributed by atoms with Crippen LogP contribution in [-0.4, -0.2) is 57.7 Å². The molecule has 6 N–H and O–H groups in total. The lowest BCUT2D eigenvalue weighted by Crippen LogP contribution is -2.48. The molecule has 0 saturated heterocycles. The Kier molecular flexibility index (Phi) is 10.5. The summed E-state index contributed by atoms with van der Waals surface area (Å²) >= 11 is 0. The maximum atomic E-state index is 13.6. The molecule has 0 bridgehead atoms. The molecule has 11 nitrogen and oxygen atoms in total. The minimum absolute atomic E-state index is 0.0498. The van der Waals surface area contributed by atoms with Gasteiger partial charge < -0.3 is 26.4 Å². The first kappa shape index (κ1) is 33.2. The summed E-state index contributed by atoms with van der Waals surface area (Å²) < 4.78 is 0. The molecular formula is C36H42N6O5. The number of carboxylic acid groups (broad SMARTS) is 1. The molecule has 0 radical (unpaired) electrons. The number of nitrogens with one attached hydrogen (secondary N) is 5. The van der Waals surface area contributed by atoms with Gasteiger partial charge in [0.25, 0.3) is 5.91 Å². The number of hydrogen-bond donors (Lipinski definition) is 6. The van der Waals surface area contributed by atoms with Crippen LogP contribution in [0.2, 0.25) is 0 Å². The Morgan fingerprint density at radius 1 is 0.936 bits per heavy atom. The van der Waals surface area contributed by atoms with Crippen LogP contribution in [0.1, 0.15) is 61.0 Å². The second kappa shape index (κ2) is 14.9. The van der Waals surface area contributed by atoms with E-state index in [1.54, 1.807) is 18.3 Å². The van der Waals surface area contributed by atoms with Gasteiger partial charge in [0.15, 0.2) is 0 Å². The van der Waals surface area contributed by atoms with Crippen molar-refractivity contribution in [3.8, 4) is 11.1 Å². The summed E-state index contributed by atoms with van der Waals surface area (Å²) in [5.41, 5.74) is 5.83. The molecule has 0 spiro atoms. The fraction of sp³-hybridized carbons (Fsp3) is 0.361. The van der Waals surface area contributed by atoms with E-state index in [1.807, 2.05) is 69.3 Å². The third-order valence-corrected chi connectivity index (χ3v) is 8.72. The lowest BCUT2D eigenvalue weighted by atomic mass is 9.81. The van der Waals surface area contributed by atoms with Gasteiger partial charge in [-0.25, -0.2) is 4.79 Å². The fourth-order valence-electron chi connectivity index (χ4n) is 6.13. The number of aryl methyl sites for hydroxylation is 1. The first-order chi connectivity index (χ1) is 22.5. The smallest absolute Gasteiger partial charge is 0.404 e. The molecule has 0 unspecified atom stereocenters. The predicted octanol–water partition coefficient (Wildman–Crippen LogP) is 5.42. The Balaban J connectivity index is 1.29. The zero-order chi connectivity index (χ0) is 33.5. The van der Waals surface area contributed by atoms with E-state index in [9.17, 15) is 19.2 Å². The minimum Gasteiger partial charge on any atom is -0.465 e. The highest BCUT2D eigenvalue weighted by atomic mass is 16.4. The number of nitrogens with zero attached hydrogens (tertiary/aromatic N) is 1. The minimum atomic E-state index is -1.04. The molecule has 5 rings (SSSR count). The monoisotopic (exact) mass is 638 g/mol.